The second kappa shape index (κ2) is 6.65. The van der Waals surface area contributed by atoms with Gasteiger partial charge in [-0.2, -0.15) is 13.2 Å². The Balaban J connectivity index is 1.78. The predicted molar refractivity (Wildman–Crippen MR) is 99.9 cm³/mol. The first-order valence-electron chi connectivity index (χ1n) is 8.81. The van der Waals surface area contributed by atoms with E-state index in [4.69, 9.17) is 5.41 Å². The van der Waals surface area contributed by atoms with Crippen LogP contribution in [0.2, 0.25) is 0 Å². The summed E-state index contributed by atoms with van der Waals surface area (Å²) in [7, 11) is 0. The number of hydrogen-bond acceptors (Lipinski definition) is 3. The summed E-state index contributed by atoms with van der Waals surface area (Å²) in [5, 5.41) is 11.2. The molecular formula is C21H16F4N4. The minimum absolute atomic E-state index is 0.0678. The summed E-state index contributed by atoms with van der Waals surface area (Å²) in [6, 6.07) is 9.11. The van der Waals surface area contributed by atoms with Gasteiger partial charge in [0.15, 0.2) is 0 Å². The van der Waals surface area contributed by atoms with Gasteiger partial charge in [-0.05, 0) is 42.3 Å². The third-order valence-electron chi connectivity index (χ3n) is 5.07. The number of nitrogens with one attached hydrogen (secondary N) is 2. The van der Waals surface area contributed by atoms with Crippen LogP contribution in [0.25, 0.3) is 11.1 Å². The summed E-state index contributed by atoms with van der Waals surface area (Å²) in [6.45, 7) is 1.74. The van der Waals surface area contributed by atoms with Gasteiger partial charge >= 0.3 is 6.18 Å². The zero-order valence-corrected chi connectivity index (χ0v) is 15.3. The second-order valence-corrected chi connectivity index (χ2v) is 7.17. The maximum absolute atomic E-state index is 14.8. The lowest BCUT2D eigenvalue weighted by molar-refractivity contribution is -0.137. The molecule has 2 N–H and O–H groups in total. The Hall–Kier alpha value is -3.29. The largest absolute Gasteiger partial charge is 0.416 e. The third kappa shape index (κ3) is 3.46. The molecule has 0 saturated carbocycles. The first-order chi connectivity index (χ1) is 13.7. The van der Waals surface area contributed by atoms with Crippen LogP contribution in [0, 0.1) is 11.2 Å². The molecule has 1 aromatic heterocycles. The monoisotopic (exact) mass is 400 g/mol. The van der Waals surface area contributed by atoms with E-state index in [1.54, 1.807) is 13.0 Å². The number of fused-ring (bicyclic) bond motifs is 1. The molecule has 1 aliphatic rings. The summed E-state index contributed by atoms with van der Waals surface area (Å²) in [5.41, 5.74) is 0.431. The van der Waals surface area contributed by atoms with E-state index in [0.29, 0.717) is 28.8 Å². The van der Waals surface area contributed by atoms with Gasteiger partial charge < -0.3 is 5.32 Å². The van der Waals surface area contributed by atoms with E-state index in [9.17, 15) is 17.6 Å². The van der Waals surface area contributed by atoms with E-state index < -0.39 is 23.1 Å². The SMILES string of the molecule is C[C@@]1(c2cc(-c3cccc(C(F)(F)F)c3)ccc2F)Cc2ncncc2C(=N)N1. The van der Waals surface area contributed by atoms with Gasteiger partial charge in [-0.1, -0.05) is 18.2 Å². The standard InChI is InChI=1S/C21H16F4N4/c1-20(9-18-15(19(26)29-20)10-27-11-28-18)16-8-13(5-6-17(16)22)12-3-2-4-14(7-12)21(23,24)25/h2-8,10-11H,9H2,1H3,(H2,26,29)/t20-/m0/s1. The zero-order valence-electron chi connectivity index (χ0n) is 15.3. The number of halogens is 4. The average Bonchev–Trinajstić information content (AvgIpc) is 2.67. The number of amidine groups is 1. The van der Waals surface area contributed by atoms with Gasteiger partial charge in [0.25, 0.3) is 0 Å². The molecule has 29 heavy (non-hydrogen) atoms. The Morgan fingerprint density at radius 1 is 1.10 bits per heavy atom. The molecule has 4 nitrogen and oxygen atoms in total. The predicted octanol–water partition coefficient (Wildman–Crippen LogP) is 4.69. The summed E-state index contributed by atoms with van der Waals surface area (Å²) in [4.78, 5) is 8.11. The molecule has 0 aliphatic carbocycles. The molecule has 2 heterocycles. The lowest BCUT2D eigenvalue weighted by Gasteiger charge is -2.37. The number of hydrogen-bond donors (Lipinski definition) is 2. The Morgan fingerprint density at radius 3 is 2.62 bits per heavy atom. The molecule has 0 fully saturated rings. The van der Waals surface area contributed by atoms with Gasteiger partial charge in [0.05, 0.1) is 22.4 Å². The van der Waals surface area contributed by atoms with Crippen LogP contribution in [-0.4, -0.2) is 15.8 Å². The molecule has 0 bridgehead atoms. The van der Waals surface area contributed by atoms with E-state index in [2.05, 4.69) is 15.3 Å². The normalized spacial score (nSPS) is 18.9. The first kappa shape index (κ1) is 19.0. The van der Waals surface area contributed by atoms with Crippen molar-refractivity contribution >= 4 is 5.84 Å². The van der Waals surface area contributed by atoms with Gasteiger partial charge in [0.1, 0.15) is 18.0 Å². The summed E-state index contributed by atoms with van der Waals surface area (Å²) in [5.74, 6) is -0.445. The van der Waals surface area contributed by atoms with Crippen LogP contribution in [-0.2, 0) is 18.1 Å². The van der Waals surface area contributed by atoms with Crippen molar-refractivity contribution in [3.05, 3.63) is 83.2 Å². The molecule has 0 spiro atoms. The van der Waals surface area contributed by atoms with Crippen molar-refractivity contribution in [3.8, 4) is 11.1 Å². The second-order valence-electron chi connectivity index (χ2n) is 7.17. The highest BCUT2D eigenvalue weighted by Crippen LogP contribution is 2.36. The first-order valence-corrected chi connectivity index (χ1v) is 8.81. The van der Waals surface area contributed by atoms with Gasteiger partial charge in [-0.25, -0.2) is 14.4 Å². The van der Waals surface area contributed by atoms with Gasteiger partial charge in [-0.3, -0.25) is 5.41 Å². The number of rotatable bonds is 2. The topological polar surface area (TPSA) is 61.7 Å². The number of benzene rings is 2. The van der Waals surface area contributed by atoms with E-state index in [-0.39, 0.29) is 11.4 Å². The molecule has 0 saturated heterocycles. The smallest absolute Gasteiger partial charge is 0.360 e. The van der Waals surface area contributed by atoms with Crippen LogP contribution in [0.4, 0.5) is 17.6 Å². The average molecular weight is 400 g/mol. The molecule has 148 valence electrons. The molecule has 0 radical (unpaired) electrons. The van der Waals surface area contributed by atoms with Crippen LogP contribution in [0.1, 0.15) is 29.3 Å². The Labute approximate surface area is 164 Å². The van der Waals surface area contributed by atoms with E-state index in [1.807, 2.05) is 0 Å². The van der Waals surface area contributed by atoms with Crippen LogP contribution in [0.3, 0.4) is 0 Å². The Kier molecular flexibility index (Phi) is 4.37. The molecule has 1 aliphatic heterocycles. The Morgan fingerprint density at radius 2 is 1.86 bits per heavy atom. The zero-order chi connectivity index (χ0) is 20.8. The fourth-order valence-electron chi connectivity index (χ4n) is 3.59. The highest BCUT2D eigenvalue weighted by atomic mass is 19.4. The summed E-state index contributed by atoms with van der Waals surface area (Å²) >= 11 is 0. The Bertz CT molecular complexity index is 1110. The van der Waals surface area contributed by atoms with Crippen molar-refractivity contribution in [1.29, 1.82) is 5.41 Å². The van der Waals surface area contributed by atoms with Crippen molar-refractivity contribution in [2.24, 2.45) is 0 Å². The molecule has 1 atom stereocenters. The van der Waals surface area contributed by atoms with Gasteiger partial charge in [-0.15, -0.1) is 0 Å². The molecule has 0 amide bonds. The molecule has 0 unspecified atom stereocenters. The maximum atomic E-state index is 14.8. The fourth-order valence-corrected chi connectivity index (χ4v) is 3.59. The number of alkyl halides is 3. The highest BCUT2D eigenvalue weighted by molar-refractivity contribution is 5.98. The van der Waals surface area contributed by atoms with E-state index in [0.717, 1.165) is 12.1 Å². The maximum Gasteiger partial charge on any atom is 0.416 e. The van der Waals surface area contributed by atoms with Gasteiger partial charge in [0, 0.05) is 18.2 Å². The van der Waals surface area contributed by atoms with E-state index >= 15 is 0 Å². The van der Waals surface area contributed by atoms with Crippen LogP contribution < -0.4 is 5.32 Å². The lowest BCUT2D eigenvalue weighted by Crippen LogP contribution is -2.50. The van der Waals surface area contributed by atoms with Crippen molar-refractivity contribution in [3.63, 3.8) is 0 Å². The van der Waals surface area contributed by atoms with Gasteiger partial charge in [0.2, 0.25) is 0 Å². The van der Waals surface area contributed by atoms with Crippen molar-refractivity contribution in [2.75, 3.05) is 0 Å². The molecule has 2 aromatic carbocycles. The quantitative estimate of drug-likeness (QED) is 0.614. The fraction of sp³-hybridized carbons (Fsp3) is 0.190. The number of aromatic nitrogens is 2. The highest BCUT2D eigenvalue weighted by Gasteiger charge is 2.37. The van der Waals surface area contributed by atoms with Crippen molar-refractivity contribution < 1.29 is 17.6 Å². The summed E-state index contributed by atoms with van der Waals surface area (Å²) in [6.07, 6.45) is -1.27. The third-order valence-corrected chi connectivity index (χ3v) is 5.07. The molecule has 3 aromatic rings. The van der Waals surface area contributed by atoms with Crippen LogP contribution in [0.5, 0.6) is 0 Å². The van der Waals surface area contributed by atoms with Crippen molar-refractivity contribution in [1.82, 2.24) is 15.3 Å². The van der Waals surface area contributed by atoms with E-state index in [1.165, 1.54) is 36.8 Å². The minimum Gasteiger partial charge on any atom is -0.360 e. The molecular weight excluding hydrogens is 384 g/mol. The lowest BCUT2D eigenvalue weighted by atomic mass is 9.81. The molecule has 8 heteroatoms. The van der Waals surface area contributed by atoms with Crippen molar-refractivity contribution in [2.45, 2.75) is 25.1 Å². The molecule has 4 rings (SSSR count). The van der Waals surface area contributed by atoms with Crippen LogP contribution >= 0.6 is 0 Å². The van der Waals surface area contributed by atoms with Crippen LogP contribution in [0.15, 0.2) is 55.0 Å². The minimum atomic E-state index is -4.46. The number of nitrogens with zero attached hydrogens (tertiary/aromatic N) is 2. The summed E-state index contributed by atoms with van der Waals surface area (Å²) < 4.78 is 53.9.